The summed E-state index contributed by atoms with van der Waals surface area (Å²) in [5.74, 6) is -0.188. The number of carbonyl (C=O) groups is 1. The third-order valence-electron chi connectivity index (χ3n) is 1.75. The molecule has 0 saturated heterocycles. The molecule has 0 aliphatic carbocycles. The summed E-state index contributed by atoms with van der Waals surface area (Å²) in [7, 11) is 0. The lowest BCUT2D eigenvalue weighted by Gasteiger charge is -2.23. The van der Waals surface area contributed by atoms with E-state index in [0.717, 1.165) is 0 Å². The minimum Gasteiger partial charge on any atom is -0.306 e. The van der Waals surface area contributed by atoms with Crippen molar-refractivity contribution < 1.29 is 9.72 Å². The largest absolute Gasteiger partial charge is 0.306 e. The SMILES string of the molecule is CC(=O)N1C=CC=C[C@@H]1C[N+](=O)[O-]. The van der Waals surface area contributed by atoms with E-state index in [4.69, 9.17) is 0 Å². The molecule has 0 aromatic heterocycles. The van der Waals surface area contributed by atoms with E-state index in [-0.39, 0.29) is 12.5 Å². The molecular weight excluding hydrogens is 172 g/mol. The molecule has 13 heavy (non-hydrogen) atoms. The molecule has 0 unspecified atom stereocenters. The van der Waals surface area contributed by atoms with Gasteiger partial charge in [-0.3, -0.25) is 14.9 Å². The van der Waals surface area contributed by atoms with Gasteiger partial charge in [0.25, 0.3) is 0 Å². The Labute approximate surface area is 75.5 Å². The van der Waals surface area contributed by atoms with Crippen molar-refractivity contribution in [1.29, 1.82) is 0 Å². The summed E-state index contributed by atoms with van der Waals surface area (Å²) in [6, 6.07) is -0.447. The van der Waals surface area contributed by atoms with Gasteiger partial charge in [0, 0.05) is 18.0 Å². The monoisotopic (exact) mass is 182 g/mol. The van der Waals surface area contributed by atoms with E-state index in [0.29, 0.717) is 0 Å². The fourth-order valence-corrected chi connectivity index (χ4v) is 1.18. The summed E-state index contributed by atoms with van der Waals surface area (Å²) in [6.45, 7) is 1.14. The Morgan fingerprint density at radius 1 is 1.62 bits per heavy atom. The van der Waals surface area contributed by atoms with Gasteiger partial charge >= 0.3 is 0 Å². The number of nitrogens with zero attached hydrogens (tertiary/aromatic N) is 2. The summed E-state index contributed by atoms with van der Waals surface area (Å²) in [5, 5.41) is 10.2. The molecule has 1 atom stereocenters. The van der Waals surface area contributed by atoms with Crippen LogP contribution in [0.15, 0.2) is 24.4 Å². The third-order valence-corrected chi connectivity index (χ3v) is 1.75. The fraction of sp³-hybridized carbons (Fsp3) is 0.375. The first-order chi connectivity index (χ1) is 6.11. The molecular formula is C8H10N2O3. The highest BCUT2D eigenvalue weighted by Gasteiger charge is 2.22. The van der Waals surface area contributed by atoms with Crippen molar-refractivity contribution >= 4 is 5.91 Å². The summed E-state index contributed by atoms with van der Waals surface area (Å²) in [5.41, 5.74) is 0. The normalized spacial score (nSPS) is 20.4. The number of rotatable bonds is 2. The first-order valence-corrected chi connectivity index (χ1v) is 3.87. The Hall–Kier alpha value is -1.65. The number of hydrogen-bond acceptors (Lipinski definition) is 3. The topological polar surface area (TPSA) is 63.5 Å². The van der Waals surface area contributed by atoms with Gasteiger partial charge in [-0.1, -0.05) is 12.2 Å². The van der Waals surface area contributed by atoms with Crippen LogP contribution < -0.4 is 0 Å². The molecule has 0 aromatic rings. The van der Waals surface area contributed by atoms with Crippen LogP contribution in [0.2, 0.25) is 0 Å². The molecule has 0 radical (unpaired) electrons. The lowest BCUT2D eigenvalue weighted by atomic mass is 10.2. The quantitative estimate of drug-likeness (QED) is 0.463. The van der Waals surface area contributed by atoms with E-state index in [1.807, 2.05) is 0 Å². The second-order valence-corrected chi connectivity index (χ2v) is 2.74. The predicted molar refractivity (Wildman–Crippen MR) is 46.4 cm³/mol. The van der Waals surface area contributed by atoms with Crippen molar-refractivity contribution in [1.82, 2.24) is 4.90 Å². The molecule has 1 amide bonds. The van der Waals surface area contributed by atoms with Gasteiger partial charge in [0.15, 0.2) is 0 Å². The molecule has 0 aromatic carbocycles. The third kappa shape index (κ3) is 2.40. The van der Waals surface area contributed by atoms with Gasteiger partial charge in [-0.25, -0.2) is 0 Å². The van der Waals surface area contributed by atoms with Crippen LogP contribution in [0.25, 0.3) is 0 Å². The van der Waals surface area contributed by atoms with Crippen LogP contribution in [0.4, 0.5) is 0 Å². The van der Waals surface area contributed by atoms with Gasteiger partial charge in [-0.05, 0) is 6.08 Å². The van der Waals surface area contributed by atoms with Crippen LogP contribution >= 0.6 is 0 Å². The molecule has 1 heterocycles. The van der Waals surface area contributed by atoms with Crippen molar-refractivity contribution in [3.8, 4) is 0 Å². The van der Waals surface area contributed by atoms with Crippen LogP contribution in [-0.2, 0) is 4.79 Å². The number of nitro groups is 1. The number of allylic oxidation sites excluding steroid dienone is 2. The number of carbonyl (C=O) groups excluding carboxylic acids is 1. The van der Waals surface area contributed by atoms with Crippen molar-refractivity contribution in [3.63, 3.8) is 0 Å². The first kappa shape index (κ1) is 9.44. The van der Waals surface area contributed by atoms with E-state index in [9.17, 15) is 14.9 Å². The number of amides is 1. The smallest absolute Gasteiger partial charge is 0.227 e. The average molecular weight is 182 g/mol. The summed E-state index contributed by atoms with van der Waals surface area (Å²) in [4.78, 5) is 22.2. The Morgan fingerprint density at radius 2 is 2.31 bits per heavy atom. The van der Waals surface area contributed by atoms with Gasteiger partial charge in [0.05, 0.1) is 0 Å². The maximum Gasteiger partial charge on any atom is 0.227 e. The highest BCUT2D eigenvalue weighted by Crippen LogP contribution is 2.08. The Morgan fingerprint density at radius 3 is 2.85 bits per heavy atom. The van der Waals surface area contributed by atoms with Gasteiger partial charge in [0.1, 0.15) is 6.04 Å². The molecule has 0 saturated carbocycles. The molecule has 0 fully saturated rings. The summed E-state index contributed by atoms with van der Waals surface area (Å²) < 4.78 is 0. The standard InChI is InChI=1S/C8H10N2O3/c1-7(11)9-5-3-2-4-8(9)6-10(12)13/h2-5,8H,6H2,1H3/t8-/m1/s1. The lowest BCUT2D eigenvalue weighted by Crippen LogP contribution is -2.39. The first-order valence-electron chi connectivity index (χ1n) is 3.87. The van der Waals surface area contributed by atoms with Crippen LogP contribution in [0, 0.1) is 10.1 Å². The second-order valence-electron chi connectivity index (χ2n) is 2.74. The summed E-state index contributed by atoms with van der Waals surface area (Å²) >= 11 is 0. The maximum absolute atomic E-state index is 11.0. The molecule has 5 heteroatoms. The van der Waals surface area contributed by atoms with Gasteiger partial charge < -0.3 is 4.90 Å². The van der Waals surface area contributed by atoms with Crippen molar-refractivity contribution in [2.45, 2.75) is 13.0 Å². The Bertz CT molecular complexity index is 283. The zero-order valence-electron chi connectivity index (χ0n) is 7.21. The van der Waals surface area contributed by atoms with E-state index < -0.39 is 11.0 Å². The van der Waals surface area contributed by atoms with E-state index in [2.05, 4.69) is 0 Å². The minimum atomic E-state index is -0.447. The van der Waals surface area contributed by atoms with Gasteiger partial charge in [0.2, 0.25) is 12.5 Å². The second kappa shape index (κ2) is 3.84. The van der Waals surface area contributed by atoms with Crippen LogP contribution in [0.5, 0.6) is 0 Å². The molecule has 1 aliphatic rings. The van der Waals surface area contributed by atoms with Crippen molar-refractivity contribution in [2.75, 3.05) is 6.54 Å². The van der Waals surface area contributed by atoms with E-state index >= 15 is 0 Å². The number of hydrogen-bond donors (Lipinski definition) is 0. The molecule has 1 aliphatic heterocycles. The maximum atomic E-state index is 11.0. The Kier molecular flexibility index (Phi) is 2.79. The molecule has 0 bridgehead atoms. The fourth-order valence-electron chi connectivity index (χ4n) is 1.18. The Balaban J connectivity index is 2.70. The average Bonchev–Trinajstić information content (AvgIpc) is 2.03. The van der Waals surface area contributed by atoms with Gasteiger partial charge in [-0.2, -0.15) is 0 Å². The highest BCUT2D eigenvalue weighted by molar-refractivity contribution is 5.75. The summed E-state index contributed by atoms with van der Waals surface area (Å²) in [6.07, 6.45) is 6.58. The zero-order valence-corrected chi connectivity index (χ0v) is 7.21. The van der Waals surface area contributed by atoms with E-state index in [1.54, 1.807) is 24.4 Å². The molecule has 70 valence electrons. The predicted octanol–water partition coefficient (Wildman–Crippen LogP) is 0.564. The van der Waals surface area contributed by atoms with Crippen LogP contribution in [0.3, 0.4) is 0 Å². The molecule has 0 spiro atoms. The zero-order chi connectivity index (χ0) is 9.84. The van der Waals surface area contributed by atoms with Crippen molar-refractivity contribution in [3.05, 3.63) is 34.5 Å². The van der Waals surface area contributed by atoms with Gasteiger partial charge in [-0.15, -0.1) is 0 Å². The molecule has 5 nitrogen and oxygen atoms in total. The highest BCUT2D eigenvalue weighted by atomic mass is 16.6. The van der Waals surface area contributed by atoms with Crippen molar-refractivity contribution in [2.24, 2.45) is 0 Å². The molecule has 0 N–H and O–H groups in total. The van der Waals surface area contributed by atoms with Crippen LogP contribution in [0.1, 0.15) is 6.92 Å². The van der Waals surface area contributed by atoms with E-state index in [1.165, 1.54) is 11.8 Å². The molecule has 1 rings (SSSR count). The minimum absolute atomic E-state index is 0.188. The lowest BCUT2D eigenvalue weighted by molar-refractivity contribution is -0.483. The van der Waals surface area contributed by atoms with Crippen LogP contribution in [-0.4, -0.2) is 28.3 Å².